The van der Waals surface area contributed by atoms with E-state index in [4.69, 9.17) is 4.74 Å². The van der Waals surface area contributed by atoms with Crippen molar-refractivity contribution in [3.8, 4) is 0 Å². The lowest BCUT2D eigenvalue weighted by molar-refractivity contribution is 0.318. The third-order valence-corrected chi connectivity index (χ3v) is 7.26. The van der Waals surface area contributed by atoms with Gasteiger partial charge in [-0.3, -0.25) is 0 Å². The van der Waals surface area contributed by atoms with Gasteiger partial charge in [-0.1, -0.05) is 51.5 Å². The van der Waals surface area contributed by atoms with E-state index in [-0.39, 0.29) is 10.8 Å². The van der Waals surface area contributed by atoms with Gasteiger partial charge in [-0.15, -0.1) is 0 Å². The molecule has 0 atom stereocenters. The molecule has 0 fully saturated rings. The van der Waals surface area contributed by atoms with Crippen molar-refractivity contribution in [3.05, 3.63) is 75.3 Å². The normalized spacial score (nSPS) is 22.7. The summed E-state index contributed by atoms with van der Waals surface area (Å²) >= 11 is 0. The van der Waals surface area contributed by atoms with E-state index in [1.54, 1.807) is 16.7 Å². The van der Waals surface area contributed by atoms with E-state index >= 15 is 0 Å². The molecule has 0 saturated carbocycles. The lowest BCUT2D eigenvalue weighted by Crippen LogP contribution is -2.34. The number of benzene rings is 1. The molecule has 1 nitrogen and oxygen atoms in total. The summed E-state index contributed by atoms with van der Waals surface area (Å²) < 4.78 is 5.97. The first kappa shape index (κ1) is 20.3. The Hall–Kier alpha value is -2.02. The molecule has 0 aromatic heterocycles. The molecule has 154 valence electrons. The Balaban J connectivity index is 1.77. The van der Waals surface area contributed by atoms with Crippen LogP contribution in [-0.2, 0) is 15.6 Å². The highest BCUT2D eigenvalue weighted by Crippen LogP contribution is 2.53. The number of hydrogen-bond acceptors (Lipinski definition) is 1. The summed E-state index contributed by atoms with van der Waals surface area (Å²) in [6, 6.07) is 4.91. The molecule has 1 heterocycles. The van der Waals surface area contributed by atoms with Crippen LogP contribution in [0.4, 0.5) is 0 Å². The predicted octanol–water partition coefficient (Wildman–Crippen LogP) is 8.08. The van der Waals surface area contributed by atoms with Gasteiger partial charge in [-0.2, -0.15) is 0 Å². The van der Waals surface area contributed by atoms with Crippen LogP contribution in [0.3, 0.4) is 0 Å². The van der Waals surface area contributed by atoms with E-state index in [2.05, 4.69) is 78.0 Å². The van der Waals surface area contributed by atoms with Crippen LogP contribution in [0.5, 0.6) is 0 Å². The van der Waals surface area contributed by atoms with Crippen LogP contribution < -0.4 is 0 Å². The van der Waals surface area contributed by atoms with Crippen molar-refractivity contribution in [1.82, 2.24) is 0 Å². The van der Waals surface area contributed by atoms with E-state index in [9.17, 15) is 0 Å². The fourth-order valence-corrected chi connectivity index (χ4v) is 5.31. The third-order valence-electron chi connectivity index (χ3n) is 7.26. The monoisotopic (exact) mass is 388 g/mol. The van der Waals surface area contributed by atoms with E-state index in [0.29, 0.717) is 0 Å². The Bertz CT molecular complexity index is 917. The fourth-order valence-electron chi connectivity index (χ4n) is 5.31. The average Bonchev–Trinajstić information content (AvgIpc) is 2.64. The molecule has 0 amide bonds. The summed E-state index contributed by atoms with van der Waals surface area (Å²) in [4.78, 5) is 0. The molecule has 1 aromatic carbocycles. The predicted molar refractivity (Wildman–Crippen MR) is 124 cm³/mol. The second kappa shape index (κ2) is 7.04. The second-order valence-electron chi connectivity index (χ2n) is 10.8. The molecule has 0 bridgehead atoms. The van der Waals surface area contributed by atoms with Crippen LogP contribution in [0, 0.1) is 0 Å². The first-order valence-corrected chi connectivity index (χ1v) is 11.2. The Morgan fingerprint density at radius 3 is 2.07 bits per heavy atom. The lowest BCUT2D eigenvalue weighted by Gasteiger charge is -2.45. The smallest absolute Gasteiger partial charge is 0.127 e. The van der Waals surface area contributed by atoms with Crippen molar-refractivity contribution in [2.24, 2.45) is 0 Å². The molecular weight excluding hydrogens is 352 g/mol. The molecule has 0 N–H and O–H groups in total. The first-order valence-electron chi connectivity index (χ1n) is 11.2. The zero-order valence-electron chi connectivity index (χ0n) is 19.3. The molecule has 4 rings (SSSR count). The summed E-state index contributed by atoms with van der Waals surface area (Å²) in [5.74, 6) is 2.63. The number of hydrogen-bond donors (Lipinski definition) is 0. The highest BCUT2D eigenvalue weighted by atomic mass is 16.5. The number of allylic oxidation sites excluding steroid dienone is 6. The average molecular weight is 389 g/mol. The van der Waals surface area contributed by atoms with Gasteiger partial charge in [0.25, 0.3) is 0 Å². The minimum absolute atomic E-state index is 0.257. The molecule has 0 saturated heterocycles. The van der Waals surface area contributed by atoms with Crippen molar-refractivity contribution in [1.29, 1.82) is 0 Å². The summed E-state index contributed by atoms with van der Waals surface area (Å²) in [7, 11) is 0. The lowest BCUT2D eigenvalue weighted by atomic mass is 9.59. The topological polar surface area (TPSA) is 9.23 Å². The Morgan fingerprint density at radius 2 is 1.52 bits per heavy atom. The van der Waals surface area contributed by atoms with Gasteiger partial charge in [-0.25, -0.2) is 0 Å². The van der Waals surface area contributed by atoms with Crippen molar-refractivity contribution >= 4 is 6.08 Å². The van der Waals surface area contributed by atoms with Crippen molar-refractivity contribution in [2.45, 2.75) is 90.9 Å². The minimum Gasteiger partial charge on any atom is -0.462 e. The van der Waals surface area contributed by atoms with Gasteiger partial charge in [0.15, 0.2) is 0 Å². The molecule has 0 radical (unpaired) electrons. The standard InChI is InChI=1S/C28H36O/c1-18(2)22-14-19(3)29-23(17-22)9-8-20-15-24-26-21(10-12-27(24,4)5)11-13-28(6,7)25(26)16-20/h8-9,14-17,21H,10-13H2,1-7H3/b9-8+. The SMILES string of the molecule is CC1=CC(=C(C)C)C=C(/C=C/c2cc3c4c(c2)C(C)(C)CCC4CCC3(C)C)O1. The molecular formula is C28H36O. The Kier molecular flexibility index (Phi) is 4.92. The fraction of sp³-hybridized carbons (Fsp3) is 0.500. The van der Waals surface area contributed by atoms with E-state index in [1.165, 1.54) is 42.4 Å². The zero-order chi connectivity index (χ0) is 21.0. The molecule has 1 aliphatic heterocycles. The molecule has 0 unspecified atom stereocenters. The Morgan fingerprint density at radius 1 is 0.931 bits per heavy atom. The van der Waals surface area contributed by atoms with Gasteiger partial charge in [0, 0.05) is 0 Å². The van der Waals surface area contributed by atoms with Gasteiger partial charge in [-0.05, 0) is 109 Å². The summed E-state index contributed by atoms with van der Waals surface area (Å²) in [5.41, 5.74) is 9.22. The van der Waals surface area contributed by atoms with Crippen LogP contribution >= 0.6 is 0 Å². The van der Waals surface area contributed by atoms with Crippen molar-refractivity contribution in [3.63, 3.8) is 0 Å². The molecule has 1 heteroatoms. The second-order valence-corrected chi connectivity index (χ2v) is 10.8. The van der Waals surface area contributed by atoms with E-state index in [1.807, 2.05) is 6.92 Å². The third kappa shape index (κ3) is 3.77. The summed E-state index contributed by atoms with van der Waals surface area (Å²) in [5, 5.41) is 0. The highest BCUT2D eigenvalue weighted by Gasteiger charge is 2.40. The summed E-state index contributed by atoms with van der Waals surface area (Å²) in [6.45, 7) is 16.0. The van der Waals surface area contributed by atoms with Gasteiger partial charge in [0.1, 0.15) is 11.5 Å². The van der Waals surface area contributed by atoms with Gasteiger partial charge in [0.2, 0.25) is 0 Å². The first-order chi connectivity index (χ1) is 13.6. The number of ether oxygens (including phenoxy) is 1. The van der Waals surface area contributed by atoms with Crippen LogP contribution in [0.1, 0.15) is 102 Å². The van der Waals surface area contributed by atoms with Crippen LogP contribution in [0.15, 0.2) is 53.0 Å². The van der Waals surface area contributed by atoms with Crippen molar-refractivity contribution in [2.75, 3.05) is 0 Å². The Labute approximate surface area is 177 Å². The quantitative estimate of drug-likeness (QED) is 0.497. The molecule has 29 heavy (non-hydrogen) atoms. The van der Waals surface area contributed by atoms with E-state index in [0.717, 1.165) is 17.4 Å². The maximum absolute atomic E-state index is 5.97. The molecule has 2 aliphatic carbocycles. The summed E-state index contributed by atoms with van der Waals surface area (Å²) in [6.07, 6.45) is 13.9. The van der Waals surface area contributed by atoms with Gasteiger partial charge < -0.3 is 4.74 Å². The maximum Gasteiger partial charge on any atom is 0.127 e. The van der Waals surface area contributed by atoms with Crippen LogP contribution in [0.25, 0.3) is 6.08 Å². The number of rotatable bonds is 2. The van der Waals surface area contributed by atoms with Crippen LogP contribution in [-0.4, -0.2) is 0 Å². The molecule has 3 aliphatic rings. The van der Waals surface area contributed by atoms with Gasteiger partial charge in [0.05, 0.1) is 0 Å². The maximum atomic E-state index is 5.97. The van der Waals surface area contributed by atoms with E-state index < -0.39 is 0 Å². The van der Waals surface area contributed by atoms with Gasteiger partial charge >= 0.3 is 0 Å². The molecule has 1 aromatic rings. The largest absolute Gasteiger partial charge is 0.462 e. The zero-order valence-corrected chi connectivity index (χ0v) is 19.3. The van der Waals surface area contributed by atoms with Crippen molar-refractivity contribution < 1.29 is 4.74 Å². The molecule has 0 spiro atoms. The highest BCUT2D eigenvalue weighted by molar-refractivity contribution is 5.61. The van der Waals surface area contributed by atoms with Crippen LogP contribution in [0.2, 0.25) is 0 Å². The minimum atomic E-state index is 0.257.